The minimum absolute atomic E-state index is 0.129. The lowest BCUT2D eigenvalue weighted by Crippen LogP contribution is -2.25. The van der Waals surface area contributed by atoms with E-state index in [1.54, 1.807) is 25.3 Å². The maximum atomic E-state index is 12.7. The van der Waals surface area contributed by atoms with Gasteiger partial charge >= 0.3 is 0 Å². The van der Waals surface area contributed by atoms with Gasteiger partial charge in [-0.15, -0.1) is 0 Å². The highest BCUT2D eigenvalue weighted by Gasteiger charge is 2.22. The zero-order valence-electron chi connectivity index (χ0n) is 15.6. The van der Waals surface area contributed by atoms with E-state index in [-0.39, 0.29) is 18.4 Å². The molecule has 1 heterocycles. The number of benzene rings is 2. The van der Waals surface area contributed by atoms with Crippen LogP contribution >= 0.6 is 0 Å². The molecule has 2 aromatic rings. The van der Waals surface area contributed by atoms with Crippen molar-refractivity contribution in [1.82, 2.24) is 5.32 Å². The second kappa shape index (κ2) is 7.95. The largest absolute Gasteiger partial charge is 0.490 e. The molecule has 6 nitrogen and oxygen atoms in total. The molecular formula is C21H22N2O4. The van der Waals surface area contributed by atoms with Gasteiger partial charge in [0.2, 0.25) is 0 Å². The van der Waals surface area contributed by atoms with Crippen LogP contribution in [-0.4, -0.2) is 32.1 Å². The van der Waals surface area contributed by atoms with Gasteiger partial charge in [-0.1, -0.05) is 24.3 Å². The average Bonchev–Trinajstić information content (AvgIpc) is 2.67. The summed E-state index contributed by atoms with van der Waals surface area (Å²) in [7, 11) is 1.56. The minimum atomic E-state index is -0.307. The predicted octanol–water partition coefficient (Wildman–Crippen LogP) is 3.17. The number of fused-ring (bicyclic) bond motifs is 1. The molecule has 6 heteroatoms. The lowest BCUT2D eigenvalue weighted by atomic mass is 10.0. The Balaban J connectivity index is 1.87. The molecule has 140 valence electrons. The van der Waals surface area contributed by atoms with Crippen LogP contribution < -0.4 is 20.1 Å². The van der Waals surface area contributed by atoms with Crippen LogP contribution in [0.4, 0.5) is 5.69 Å². The fourth-order valence-electron chi connectivity index (χ4n) is 2.98. The zero-order chi connectivity index (χ0) is 19.4. The van der Waals surface area contributed by atoms with Crippen LogP contribution in [0.3, 0.4) is 0 Å². The van der Waals surface area contributed by atoms with Crippen LogP contribution in [0.5, 0.6) is 11.5 Å². The number of rotatable bonds is 5. The molecule has 0 aliphatic carbocycles. The highest BCUT2D eigenvalue weighted by Crippen LogP contribution is 2.36. The van der Waals surface area contributed by atoms with Gasteiger partial charge in [0.25, 0.3) is 11.8 Å². The third kappa shape index (κ3) is 3.79. The summed E-state index contributed by atoms with van der Waals surface area (Å²) >= 11 is 0. The van der Waals surface area contributed by atoms with Crippen molar-refractivity contribution in [2.24, 2.45) is 0 Å². The second-order valence-electron chi connectivity index (χ2n) is 6.10. The van der Waals surface area contributed by atoms with E-state index in [2.05, 4.69) is 10.6 Å². The molecule has 0 saturated carbocycles. The van der Waals surface area contributed by atoms with Crippen LogP contribution in [0.25, 0.3) is 6.08 Å². The third-order valence-electron chi connectivity index (χ3n) is 4.28. The van der Waals surface area contributed by atoms with Crippen molar-refractivity contribution in [3.8, 4) is 11.5 Å². The van der Waals surface area contributed by atoms with E-state index in [4.69, 9.17) is 9.47 Å². The molecule has 0 saturated heterocycles. The van der Waals surface area contributed by atoms with Crippen molar-refractivity contribution >= 4 is 23.6 Å². The van der Waals surface area contributed by atoms with E-state index >= 15 is 0 Å². The first-order valence-corrected chi connectivity index (χ1v) is 8.77. The molecule has 0 aromatic heterocycles. The van der Waals surface area contributed by atoms with Gasteiger partial charge in [0.05, 0.1) is 23.4 Å². The lowest BCUT2D eigenvalue weighted by molar-refractivity contribution is -0.113. The quantitative estimate of drug-likeness (QED) is 0.852. The molecule has 2 N–H and O–H groups in total. The highest BCUT2D eigenvalue weighted by molar-refractivity contribution is 6.11. The Hall–Kier alpha value is -3.28. The molecule has 27 heavy (non-hydrogen) atoms. The van der Waals surface area contributed by atoms with Crippen molar-refractivity contribution in [1.29, 1.82) is 0 Å². The number of amides is 2. The Kier molecular flexibility index (Phi) is 5.45. The van der Waals surface area contributed by atoms with Gasteiger partial charge in [0, 0.05) is 12.6 Å². The van der Waals surface area contributed by atoms with Crippen molar-refractivity contribution in [3.05, 3.63) is 58.7 Å². The van der Waals surface area contributed by atoms with E-state index in [0.29, 0.717) is 34.9 Å². The smallest absolute Gasteiger partial charge is 0.255 e. The summed E-state index contributed by atoms with van der Waals surface area (Å²) in [5, 5.41) is 5.43. The Morgan fingerprint density at radius 2 is 1.93 bits per heavy atom. The summed E-state index contributed by atoms with van der Waals surface area (Å²) in [6.45, 7) is 4.40. The molecule has 0 bridgehead atoms. The second-order valence-corrected chi connectivity index (χ2v) is 6.10. The molecule has 2 amide bonds. The summed E-state index contributed by atoms with van der Waals surface area (Å²) in [6.07, 6.45) is 1.78. The Morgan fingerprint density at radius 1 is 1.15 bits per heavy atom. The predicted molar refractivity (Wildman–Crippen MR) is 104 cm³/mol. The van der Waals surface area contributed by atoms with E-state index < -0.39 is 0 Å². The summed E-state index contributed by atoms with van der Waals surface area (Å²) < 4.78 is 11.3. The number of hydrogen-bond donors (Lipinski definition) is 2. The molecule has 0 spiro atoms. The fraction of sp³-hybridized carbons (Fsp3) is 0.238. The Bertz CT molecular complexity index is 918. The van der Waals surface area contributed by atoms with E-state index in [1.807, 2.05) is 38.1 Å². The number of carbonyl (C=O) groups is 2. The van der Waals surface area contributed by atoms with Crippen LogP contribution in [0, 0.1) is 6.92 Å². The first kappa shape index (κ1) is 18.5. The first-order chi connectivity index (χ1) is 13.0. The fourth-order valence-corrected chi connectivity index (χ4v) is 2.98. The van der Waals surface area contributed by atoms with Crippen LogP contribution in [-0.2, 0) is 4.79 Å². The highest BCUT2D eigenvalue weighted by atomic mass is 16.5. The van der Waals surface area contributed by atoms with Gasteiger partial charge in [0.1, 0.15) is 6.61 Å². The molecule has 1 aliphatic heterocycles. The Labute approximate surface area is 158 Å². The molecule has 0 fully saturated rings. The number of anilines is 1. The number of carbonyl (C=O) groups excluding carboxylic acids is 2. The summed E-state index contributed by atoms with van der Waals surface area (Å²) in [4.78, 5) is 24.9. The molecule has 1 aliphatic rings. The summed E-state index contributed by atoms with van der Waals surface area (Å²) in [5.74, 6) is 0.742. The van der Waals surface area contributed by atoms with Crippen molar-refractivity contribution in [2.45, 2.75) is 13.8 Å². The van der Waals surface area contributed by atoms with Crippen LogP contribution in [0.1, 0.15) is 28.4 Å². The summed E-state index contributed by atoms with van der Waals surface area (Å²) in [5.41, 5.74) is 2.96. The van der Waals surface area contributed by atoms with Crippen molar-refractivity contribution in [3.63, 3.8) is 0 Å². The van der Waals surface area contributed by atoms with Gasteiger partial charge in [-0.25, -0.2) is 0 Å². The van der Waals surface area contributed by atoms with Gasteiger partial charge in [-0.2, -0.15) is 0 Å². The maximum Gasteiger partial charge on any atom is 0.255 e. The van der Waals surface area contributed by atoms with Crippen LogP contribution in [0.15, 0.2) is 42.0 Å². The molecule has 0 unspecified atom stereocenters. The number of hydrogen-bond acceptors (Lipinski definition) is 4. The zero-order valence-corrected chi connectivity index (χ0v) is 15.6. The van der Waals surface area contributed by atoms with Gasteiger partial charge in [-0.3, -0.25) is 9.59 Å². The third-order valence-corrected chi connectivity index (χ3v) is 4.28. The molecule has 2 aromatic carbocycles. The standard InChI is InChI=1S/C21H22N2O4/c1-4-26-17-10-6-8-14-11-15(12-27-19(14)17)20(24)23-16-9-5-7-13(2)18(16)21(25)22-3/h5-11H,4,12H2,1-3H3,(H,22,25)(H,23,24). The maximum absolute atomic E-state index is 12.7. The lowest BCUT2D eigenvalue weighted by Gasteiger charge is -2.20. The van der Waals surface area contributed by atoms with Gasteiger partial charge < -0.3 is 20.1 Å². The van der Waals surface area contributed by atoms with Crippen molar-refractivity contribution in [2.75, 3.05) is 25.6 Å². The topological polar surface area (TPSA) is 76.7 Å². The van der Waals surface area contributed by atoms with E-state index in [0.717, 1.165) is 11.1 Å². The number of ether oxygens (including phenoxy) is 2. The van der Waals surface area contributed by atoms with Gasteiger partial charge in [0.15, 0.2) is 11.5 Å². The SMILES string of the molecule is CCOc1cccc2c1OCC(C(=O)Nc1cccc(C)c1C(=O)NC)=C2. The van der Waals surface area contributed by atoms with Crippen molar-refractivity contribution < 1.29 is 19.1 Å². The molecule has 0 radical (unpaired) electrons. The Morgan fingerprint density at radius 3 is 2.67 bits per heavy atom. The number of para-hydroxylation sites is 1. The normalized spacial score (nSPS) is 12.3. The monoisotopic (exact) mass is 366 g/mol. The average molecular weight is 366 g/mol. The van der Waals surface area contributed by atoms with Crippen LogP contribution in [0.2, 0.25) is 0 Å². The first-order valence-electron chi connectivity index (χ1n) is 8.77. The summed E-state index contributed by atoms with van der Waals surface area (Å²) in [6, 6.07) is 10.9. The number of nitrogens with one attached hydrogen (secondary N) is 2. The molecular weight excluding hydrogens is 344 g/mol. The minimum Gasteiger partial charge on any atom is -0.490 e. The van der Waals surface area contributed by atoms with E-state index in [9.17, 15) is 9.59 Å². The molecule has 0 atom stereocenters. The van der Waals surface area contributed by atoms with E-state index in [1.165, 1.54) is 0 Å². The molecule has 3 rings (SSSR count). The number of aryl methyl sites for hydroxylation is 1. The van der Waals surface area contributed by atoms with Gasteiger partial charge in [-0.05, 0) is 37.6 Å².